The summed E-state index contributed by atoms with van der Waals surface area (Å²) in [5.74, 6) is 0.645. The van der Waals surface area contributed by atoms with E-state index in [2.05, 4.69) is 148 Å². The molecule has 0 atom stereocenters. The van der Waals surface area contributed by atoms with Gasteiger partial charge in [0.15, 0.2) is 0 Å². The van der Waals surface area contributed by atoms with Gasteiger partial charge >= 0.3 is 0 Å². The van der Waals surface area contributed by atoms with Gasteiger partial charge in [0.2, 0.25) is 0 Å². The van der Waals surface area contributed by atoms with Crippen LogP contribution in [-0.2, 0) is 20.1 Å². The number of para-hydroxylation sites is 2. The van der Waals surface area contributed by atoms with Gasteiger partial charge in [0.05, 0.1) is 30.5 Å². The van der Waals surface area contributed by atoms with Crippen LogP contribution < -0.4 is 5.19 Å². The number of aromatic nitrogens is 3. The zero-order valence-corrected chi connectivity index (χ0v) is 39.8. The largest absolute Gasteiger partial charge is 0.501 e. The fourth-order valence-electron chi connectivity index (χ4n) is 7.84. The number of rotatable bonds is 8. The number of nitrogens with zero attached hydrogens (tertiary/aromatic N) is 3. The number of hydrogen-bond acceptors (Lipinski definition) is 3. The molecule has 4 nitrogen and oxygen atoms in total. The molecule has 61 heavy (non-hydrogen) atoms. The Balaban J connectivity index is 0.000000253. The first-order chi connectivity index (χ1) is 30.3. The van der Waals surface area contributed by atoms with Crippen molar-refractivity contribution in [2.45, 2.75) is 85.8 Å². The van der Waals surface area contributed by atoms with Crippen LogP contribution >= 0.6 is 0 Å². The second kappa shape index (κ2) is 17.9. The van der Waals surface area contributed by atoms with E-state index in [4.69, 9.17) is 14.9 Å². The molecule has 3 aromatic heterocycles. The van der Waals surface area contributed by atoms with E-state index in [1.165, 1.54) is 39.2 Å². The minimum absolute atomic E-state index is 0. The summed E-state index contributed by atoms with van der Waals surface area (Å²) in [5.41, 5.74) is 13.4. The Morgan fingerprint density at radius 2 is 1.46 bits per heavy atom. The molecule has 1 radical (unpaired) electrons. The van der Waals surface area contributed by atoms with Crippen molar-refractivity contribution in [2.24, 2.45) is 0 Å². The van der Waals surface area contributed by atoms with E-state index in [0.29, 0.717) is 5.56 Å². The number of pyridine rings is 1. The van der Waals surface area contributed by atoms with Gasteiger partial charge in [-0.15, -0.1) is 53.6 Å². The molecule has 0 fully saturated rings. The molecule has 6 heteroatoms. The van der Waals surface area contributed by atoms with E-state index in [1.807, 2.05) is 50.4 Å². The summed E-state index contributed by atoms with van der Waals surface area (Å²) in [5, 5.41) is 3.36. The van der Waals surface area contributed by atoms with Crippen LogP contribution in [0.15, 0.2) is 138 Å². The van der Waals surface area contributed by atoms with Gasteiger partial charge in [0.25, 0.3) is 0 Å². The maximum Gasteiger partial charge on any atom is 0.121 e. The van der Waals surface area contributed by atoms with Crippen molar-refractivity contribution in [1.82, 2.24) is 14.5 Å². The van der Waals surface area contributed by atoms with Crippen LogP contribution in [0, 0.1) is 19.0 Å². The standard InChI is InChI=1S/C40H37N2O.C15H18NSi.Ir/c1-24(2)28-19-20-30-31-15-12-16-32(39(31)43-37(30)23-28)40-41-35-17-10-11-18-36(35)42(40)38-33(25(3)4)21-29(22-34(38)26(5)6)27-13-8-7-9-14-27;1-12-5-7-13(8-6-12)15-10-9-14(11-16-15)17(2,3)4;/h7-15,17-26H,1-6H3;5-7,9-11H,1-4H3;/q2*-1;/i24D;1D3;. The second-order valence-corrected chi connectivity index (χ2v) is 22.6. The second-order valence-electron chi connectivity index (χ2n) is 17.5. The predicted molar refractivity (Wildman–Crippen MR) is 257 cm³/mol. The fourth-order valence-corrected chi connectivity index (χ4v) is 8.87. The molecule has 9 rings (SSSR count). The Morgan fingerprint density at radius 1 is 0.738 bits per heavy atom. The zero-order chi connectivity index (χ0) is 45.7. The van der Waals surface area contributed by atoms with Gasteiger partial charge in [0, 0.05) is 42.9 Å². The number of hydrogen-bond donors (Lipinski definition) is 0. The monoisotopic (exact) mass is 998 g/mol. The average Bonchev–Trinajstić information content (AvgIpc) is 3.84. The van der Waals surface area contributed by atoms with E-state index < -0.39 is 20.8 Å². The molecule has 0 saturated carbocycles. The Hall–Kier alpha value is -5.39. The van der Waals surface area contributed by atoms with E-state index in [1.54, 1.807) is 12.1 Å². The van der Waals surface area contributed by atoms with Gasteiger partial charge in [-0.3, -0.25) is 4.98 Å². The Kier molecular flexibility index (Phi) is 11.3. The molecule has 9 aromatic rings. The molecule has 0 amide bonds. The summed E-state index contributed by atoms with van der Waals surface area (Å²) >= 11 is 0. The molecule has 0 unspecified atom stereocenters. The van der Waals surface area contributed by atoms with Crippen LogP contribution in [0.4, 0.5) is 0 Å². The summed E-state index contributed by atoms with van der Waals surface area (Å²) in [7, 11) is -1.34. The Bertz CT molecular complexity index is 3020. The maximum absolute atomic E-state index is 8.56. The van der Waals surface area contributed by atoms with Crippen molar-refractivity contribution in [3.05, 3.63) is 168 Å². The molecule has 0 spiro atoms. The van der Waals surface area contributed by atoms with Crippen LogP contribution in [0.25, 0.3) is 72.4 Å². The topological polar surface area (TPSA) is 43.9 Å². The Morgan fingerprint density at radius 3 is 2.08 bits per heavy atom. The van der Waals surface area contributed by atoms with Gasteiger partial charge in [-0.2, -0.15) is 0 Å². The van der Waals surface area contributed by atoms with Crippen molar-refractivity contribution >= 4 is 46.2 Å². The quantitative estimate of drug-likeness (QED) is 0.113. The molecule has 0 bridgehead atoms. The molecule has 6 aromatic carbocycles. The summed E-state index contributed by atoms with van der Waals surface area (Å²) in [4.78, 5) is 9.73. The van der Waals surface area contributed by atoms with E-state index >= 15 is 0 Å². The zero-order valence-electron chi connectivity index (χ0n) is 40.4. The molecule has 0 aliphatic rings. The molecule has 0 aliphatic carbocycles. The van der Waals surface area contributed by atoms with Crippen LogP contribution in [-0.4, -0.2) is 22.6 Å². The molecule has 0 saturated heterocycles. The summed E-state index contributed by atoms with van der Waals surface area (Å²) in [6.07, 6.45) is 1.92. The van der Waals surface area contributed by atoms with Gasteiger partial charge in [0.1, 0.15) is 5.58 Å². The first-order valence-corrected chi connectivity index (χ1v) is 24.4. The summed E-state index contributed by atoms with van der Waals surface area (Å²) in [6.45, 7) is 17.6. The molecular formula is C55H55IrN3OSi-2. The third kappa shape index (κ3) is 8.86. The van der Waals surface area contributed by atoms with E-state index in [-0.39, 0.29) is 31.9 Å². The fraction of sp³-hybridized carbons (Fsp3) is 0.236. The van der Waals surface area contributed by atoms with Gasteiger partial charge in [-0.25, -0.2) is 0 Å². The molecule has 311 valence electrons. The Labute approximate surface area is 382 Å². The molecule has 3 heterocycles. The van der Waals surface area contributed by atoms with Crippen LogP contribution in [0.1, 0.15) is 87.0 Å². The van der Waals surface area contributed by atoms with Crippen molar-refractivity contribution < 1.29 is 30.0 Å². The molecule has 0 aliphatic heterocycles. The van der Waals surface area contributed by atoms with Crippen LogP contribution in [0.2, 0.25) is 19.6 Å². The van der Waals surface area contributed by atoms with Gasteiger partial charge < -0.3 is 14.0 Å². The van der Waals surface area contributed by atoms with Crippen LogP contribution in [0.5, 0.6) is 0 Å². The van der Waals surface area contributed by atoms with Crippen molar-refractivity contribution in [3.8, 4) is 39.5 Å². The van der Waals surface area contributed by atoms with Crippen LogP contribution in [0.3, 0.4) is 0 Å². The maximum atomic E-state index is 8.56. The van der Waals surface area contributed by atoms with Crippen molar-refractivity contribution in [1.29, 1.82) is 0 Å². The van der Waals surface area contributed by atoms with E-state index in [9.17, 15) is 0 Å². The summed E-state index contributed by atoms with van der Waals surface area (Å²) < 4.78 is 39.6. The summed E-state index contributed by atoms with van der Waals surface area (Å²) in [6, 6.07) is 49.4. The number of furan rings is 1. The first-order valence-electron chi connectivity index (χ1n) is 22.9. The van der Waals surface area contributed by atoms with Crippen molar-refractivity contribution in [3.63, 3.8) is 0 Å². The third-order valence-corrected chi connectivity index (χ3v) is 13.3. The minimum Gasteiger partial charge on any atom is -0.501 e. The molecular weight excluding hydrogens is 939 g/mol. The minimum atomic E-state index is -2.08. The predicted octanol–water partition coefficient (Wildman–Crippen LogP) is 14.8. The first kappa shape index (κ1) is 38.5. The smallest absolute Gasteiger partial charge is 0.121 e. The third-order valence-electron chi connectivity index (χ3n) is 11.3. The molecule has 0 N–H and O–H groups in total. The average molecular weight is 998 g/mol. The van der Waals surface area contributed by atoms with E-state index in [0.717, 1.165) is 61.2 Å². The normalized spacial score (nSPS) is 13.1. The SMILES string of the molecule is [2H]C(C)(C)c1ccc2c(c1)oc1c(-c3nc4ccccc4n3-c3c(C(C)C)cc(-c4ccccc4)cc3C(C)C)[c-]ccc12.[2H]C([2H])([2H])c1c[c-]c(-c2ccc([Si](C)(C)C)cn2)cc1.[Ir]. The van der Waals surface area contributed by atoms with Gasteiger partial charge in [-0.1, -0.05) is 146 Å². The number of aryl methyl sites for hydroxylation is 1. The number of fused-ring (bicyclic) bond motifs is 4. The van der Waals surface area contributed by atoms with Gasteiger partial charge in [-0.05, 0) is 86.8 Å². The number of benzene rings is 6. The number of imidazole rings is 1. The van der Waals surface area contributed by atoms with Crippen molar-refractivity contribution in [2.75, 3.05) is 0 Å².